The molecule has 0 atom stereocenters. The molecular formula is C11H17N3. The number of rotatable bonds is 2. The van der Waals surface area contributed by atoms with Crippen molar-refractivity contribution < 1.29 is 0 Å². The fourth-order valence-corrected chi connectivity index (χ4v) is 1.71. The van der Waals surface area contributed by atoms with Crippen molar-refractivity contribution in [2.75, 3.05) is 18.0 Å². The summed E-state index contributed by atoms with van der Waals surface area (Å²) in [5.74, 6) is 1.41. The van der Waals surface area contributed by atoms with Crippen LogP contribution in [0, 0.1) is 0 Å². The predicted molar refractivity (Wildman–Crippen MR) is 57.6 cm³/mol. The van der Waals surface area contributed by atoms with Gasteiger partial charge in [0.25, 0.3) is 0 Å². The van der Waals surface area contributed by atoms with Crippen LogP contribution in [0.2, 0.25) is 0 Å². The lowest BCUT2D eigenvalue weighted by Gasteiger charge is -2.15. The molecule has 0 aliphatic carbocycles. The normalized spacial score (nSPS) is 16.6. The minimum absolute atomic E-state index is 0.516. The van der Waals surface area contributed by atoms with Crippen LogP contribution in [0.4, 0.5) is 5.95 Å². The third-order valence-electron chi connectivity index (χ3n) is 2.71. The SMILES string of the molecule is CC(C)c1cnc(N2CCCC2)nc1. The van der Waals surface area contributed by atoms with Crippen molar-refractivity contribution in [3.63, 3.8) is 0 Å². The van der Waals surface area contributed by atoms with Crippen molar-refractivity contribution in [3.8, 4) is 0 Å². The molecule has 0 bridgehead atoms. The van der Waals surface area contributed by atoms with Gasteiger partial charge in [0.05, 0.1) is 0 Å². The van der Waals surface area contributed by atoms with Crippen molar-refractivity contribution >= 4 is 5.95 Å². The highest BCUT2D eigenvalue weighted by Gasteiger charge is 2.14. The first-order chi connectivity index (χ1) is 6.77. The third kappa shape index (κ3) is 1.86. The Morgan fingerprint density at radius 2 is 1.71 bits per heavy atom. The van der Waals surface area contributed by atoms with Crippen LogP contribution in [0.25, 0.3) is 0 Å². The van der Waals surface area contributed by atoms with Gasteiger partial charge in [0.1, 0.15) is 0 Å². The van der Waals surface area contributed by atoms with Gasteiger partial charge in [0.2, 0.25) is 5.95 Å². The quantitative estimate of drug-likeness (QED) is 0.717. The highest BCUT2D eigenvalue weighted by atomic mass is 15.3. The Hall–Kier alpha value is -1.12. The standard InChI is InChI=1S/C11H17N3/c1-9(2)10-7-12-11(13-8-10)14-5-3-4-6-14/h7-9H,3-6H2,1-2H3. The molecule has 0 saturated carbocycles. The van der Waals surface area contributed by atoms with E-state index < -0.39 is 0 Å². The summed E-state index contributed by atoms with van der Waals surface area (Å²) < 4.78 is 0. The summed E-state index contributed by atoms with van der Waals surface area (Å²) in [6, 6.07) is 0. The summed E-state index contributed by atoms with van der Waals surface area (Å²) in [5, 5.41) is 0. The van der Waals surface area contributed by atoms with Crippen LogP contribution in [0.15, 0.2) is 12.4 Å². The number of nitrogens with zero attached hydrogens (tertiary/aromatic N) is 3. The second kappa shape index (κ2) is 3.95. The van der Waals surface area contributed by atoms with Gasteiger partial charge in [-0.15, -0.1) is 0 Å². The number of hydrogen-bond donors (Lipinski definition) is 0. The Labute approximate surface area is 85.2 Å². The van der Waals surface area contributed by atoms with Gasteiger partial charge in [0.15, 0.2) is 0 Å². The van der Waals surface area contributed by atoms with Crippen molar-refractivity contribution in [2.45, 2.75) is 32.6 Å². The number of anilines is 1. The summed E-state index contributed by atoms with van der Waals surface area (Å²) in [7, 11) is 0. The molecule has 1 aliphatic heterocycles. The average molecular weight is 191 g/mol. The Morgan fingerprint density at radius 1 is 1.14 bits per heavy atom. The van der Waals surface area contributed by atoms with Crippen LogP contribution >= 0.6 is 0 Å². The van der Waals surface area contributed by atoms with E-state index in [1.54, 1.807) is 0 Å². The second-order valence-electron chi connectivity index (χ2n) is 4.17. The fourth-order valence-electron chi connectivity index (χ4n) is 1.71. The van der Waals surface area contributed by atoms with Crippen LogP contribution in [0.3, 0.4) is 0 Å². The Kier molecular flexibility index (Phi) is 2.66. The smallest absolute Gasteiger partial charge is 0.225 e. The van der Waals surface area contributed by atoms with E-state index in [2.05, 4.69) is 28.7 Å². The molecule has 0 spiro atoms. The largest absolute Gasteiger partial charge is 0.341 e. The maximum Gasteiger partial charge on any atom is 0.225 e. The summed E-state index contributed by atoms with van der Waals surface area (Å²) in [6.07, 6.45) is 6.45. The first-order valence-electron chi connectivity index (χ1n) is 5.34. The number of aromatic nitrogens is 2. The van der Waals surface area contributed by atoms with Crippen LogP contribution in [-0.4, -0.2) is 23.1 Å². The van der Waals surface area contributed by atoms with Crippen LogP contribution in [0.1, 0.15) is 38.2 Å². The summed E-state index contributed by atoms with van der Waals surface area (Å²) in [5.41, 5.74) is 1.22. The molecule has 1 aromatic rings. The Bertz CT molecular complexity index is 286. The van der Waals surface area contributed by atoms with Gasteiger partial charge in [-0.05, 0) is 24.3 Å². The predicted octanol–water partition coefficient (Wildman–Crippen LogP) is 2.20. The average Bonchev–Trinajstić information content (AvgIpc) is 2.71. The van der Waals surface area contributed by atoms with Gasteiger partial charge < -0.3 is 4.90 Å². The van der Waals surface area contributed by atoms with Gasteiger partial charge in [-0.3, -0.25) is 0 Å². The molecule has 2 rings (SSSR count). The van der Waals surface area contributed by atoms with Gasteiger partial charge >= 0.3 is 0 Å². The van der Waals surface area contributed by atoms with E-state index in [1.807, 2.05) is 12.4 Å². The first-order valence-corrected chi connectivity index (χ1v) is 5.34. The summed E-state index contributed by atoms with van der Waals surface area (Å²) >= 11 is 0. The van der Waals surface area contributed by atoms with E-state index in [-0.39, 0.29) is 0 Å². The Morgan fingerprint density at radius 3 is 2.21 bits per heavy atom. The van der Waals surface area contributed by atoms with Gasteiger partial charge in [-0.25, -0.2) is 9.97 Å². The van der Waals surface area contributed by atoms with Crippen LogP contribution in [-0.2, 0) is 0 Å². The topological polar surface area (TPSA) is 29.0 Å². The molecule has 0 amide bonds. The van der Waals surface area contributed by atoms with Crippen molar-refractivity contribution in [1.29, 1.82) is 0 Å². The molecule has 0 radical (unpaired) electrons. The molecule has 1 saturated heterocycles. The minimum Gasteiger partial charge on any atom is -0.341 e. The monoisotopic (exact) mass is 191 g/mol. The Balaban J connectivity index is 2.12. The lowest BCUT2D eigenvalue weighted by atomic mass is 10.1. The third-order valence-corrected chi connectivity index (χ3v) is 2.71. The molecule has 2 heterocycles. The van der Waals surface area contributed by atoms with Gasteiger partial charge in [-0.2, -0.15) is 0 Å². The minimum atomic E-state index is 0.516. The zero-order valence-corrected chi connectivity index (χ0v) is 8.90. The molecule has 1 aromatic heterocycles. The molecule has 1 aliphatic rings. The lowest BCUT2D eigenvalue weighted by Crippen LogP contribution is -2.20. The zero-order chi connectivity index (χ0) is 9.97. The zero-order valence-electron chi connectivity index (χ0n) is 8.90. The van der Waals surface area contributed by atoms with Crippen LogP contribution < -0.4 is 4.90 Å². The molecule has 3 nitrogen and oxygen atoms in total. The molecule has 0 N–H and O–H groups in total. The van der Waals surface area contributed by atoms with E-state index in [0.717, 1.165) is 19.0 Å². The highest BCUT2D eigenvalue weighted by Crippen LogP contribution is 2.17. The van der Waals surface area contributed by atoms with E-state index in [9.17, 15) is 0 Å². The van der Waals surface area contributed by atoms with Gasteiger partial charge in [0, 0.05) is 25.5 Å². The first kappa shape index (κ1) is 9.44. The van der Waals surface area contributed by atoms with E-state index in [0.29, 0.717) is 5.92 Å². The molecule has 76 valence electrons. The number of hydrogen-bond acceptors (Lipinski definition) is 3. The summed E-state index contributed by atoms with van der Waals surface area (Å²) in [6.45, 7) is 6.55. The van der Waals surface area contributed by atoms with E-state index in [4.69, 9.17) is 0 Å². The maximum atomic E-state index is 4.40. The van der Waals surface area contributed by atoms with Crippen molar-refractivity contribution in [3.05, 3.63) is 18.0 Å². The van der Waals surface area contributed by atoms with Crippen molar-refractivity contribution in [2.24, 2.45) is 0 Å². The second-order valence-corrected chi connectivity index (χ2v) is 4.17. The van der Waals surface area contributed by atoms with Crippen molar-refractivity contribution in [1.82, 2.24) is 9.97 Å². The molecule has 3 heteroatoms. The molecule has 1 fully saturated rings. The molecular weight excluding hydrogens is 174 g/mol. The van der Waals surface area contributed by atoms with E-state index in [1.165, 1.54) is 18.4 Å². The van der Waals surface area contributed by atoms with Gasteiger partial charge in [-0.1, -0.05) is 13.8 Å². The summed E-state index contributed by atoms with van der Waals surface area (Å²) in [4.78, 5) is 11.0. The molecule has 0 unspecified atom stereocenters. The van der Waals surface area contributed by atoms with Crippen LogP contribution in [0.5, 0.6) is 0 Å². The molecule has 14 heavy (non-hydrogen) atoms. The molecule has 0 aromatic carbocycles. The van der Waals surface area contributed by atoms with E-state index >= 15 is 0 Å². The maximum absolute atomic E-state index is 4.40. The lowest BCUT2D eigenvalue weighted by molar-refractivity contribution is 0.829. The highest BCUT2D eigenvalue weighted by molar-refractivity contribution is 5.31. The fraction of sp³-hybridized carbons (Fsp3) is 0.636.